The van der Waals surface area contributed by atoms with Crippen molar-refractivity contribution in [1.82, 2.24) is 14.9 Å². The highest BCUT2D eigenvalue weighted by molar-refractivity contribution is 6.32. The van der Waals surface area contributed by atoms with Crippen molar-refractivity contribution in [2.24, 2.45) is 11.3 Å². The number of halogens is 1. The molecule has 1 aromatic carbocycles. The molecule has 8 nitrogen and oxygen atoms in total. The van der Waals surface area contributed by atoms with E-state index in [2.05, 4.69) is 34.4 Å². The van der Waals surface area contributed by atoms with E-state index in [1.807, 2.05) is 4.90 Å². The quantitative estimate of drug-likeness (QED) is 0.677. The molecule has 3 aliphatic rings. The first-order chi connectivity index (χ1) is 15.9. The van der Waals surface area contributed by atoms with Gasteiger partial charge in [-0.15, -0.1) is 0 Å². The zero-order valence-corrected chi connectivity index (χ0v) is 19.9. The highest BCUT2D eigenvalue weighted by atomic mass is 35.5. The summed E-state index contributed by atoms with van der Waals surface area (Å²) in [6.45, 7) is 2.99. The Morgan fingerprint density at radius 2 is 2.09 bits per heavy atom. The van der Waals surface area contributed by atoms with Gasteiger partial charge in [0.05, 0.1) is 24.9 Å². The number of methoxy groups -OCH3 is 1. The fourth-order valence-electron chi connectivity index (χ4n) is 5.81. The van der Waals surface area contributed by atoms with Crippen LogP contribution in [0, 0.1) is 11.3 Å². The molecule has 2 N–H and O–H groups in total. The Morgan fingerprint density at radius 3 is 2.82 bits per heavy atom. The predicted octanol–water partition coefficient (Wildman–Crippen LogP) is 3.95. The summed E-state index contributed by atoms with van der Waals surface area (Å²) < 4.78 is 5.63. The van der Waals surface area contributed by atoms with Gasteiger partial charge in [-0.1, -0.05) is 24.4 Å². The highest BCUT2D eigenvalue weighted by Crippen LogP contribution is 2.50. The maximum absolute atomic E-state index is 12.0. The van der Waals surface area contributed by atoms with Crippen LogP contribution in [0.3, 0.4) is 0 Å². The summed E-state index contributed by atoms with van der Waals surface area (Å²) in [5, 5.41) is 13.6. The highest BCUT2D eigenvalue weighted by Gasteiger charge is 2.52. The van der Waals surface area contributed by atoms with Gasteiger partial charge in [0.1, 0.15) is 10.8 Å². The summed E-state index contributed by atoms with van der Waals surface area (Å²) >= 11 is 6.50. The number of nitrogens with one attached hydrogen (secondary N) is 1. The van der Waals surface area contributed by atoms with Crippen molar-refractivity contribution >= 4 is 35.0 Å². The Labute approximate surface area is 198 Å². The van der Waals surface area contributed by atoms with Gasteiger partial charge in [-0.2, -0.15) is 4.98 Å². The molecular weight excluding hydrogens is 442 g/mol. The molecule has 5 rings (SSSR count). The molecule has 33 heavy (non-hydrogen) atoms. The van der Waals surface area contributed by atoms with Crippen LogP contribution in [-0.2, 0) is 17.8 Å². The number of carboxylic acids is 1. The van der Waals surface area contributed by atoms with Gasteiger partial charge in [-0.25, -0.2) is 4.98 Å². The largest absolute Gasteiger partial charge is 0.495 e. The topological polar surface area (TPSA) is 90.8 Å². The van der Waals surface area contributed by atoms with Gasteiger partial charge in [0, 0.05) is 31.6 Å². The number of anilines is 3. The fraction of sp³-hybridized carbons (Fsp3) is 0.542. The number of aromatic nitrogens is 2. The zero-order chi connectivity index (χ0) is 23.2. The van der Waals surface area contributed by atoms with Crippen molar-refractivity contribution in [3.8, 4) is 5.75 Å². The van der Waals surface area contributed by atoms with Crippen LogP contribution in [0.4, 0.5) is 17.5 Å². The SMILES string of the molecule is COc1cc2c(cc1Nc1ncc(Cl)c(N3CC(C(=O)O)C4(CCCC4)C3)n1)CN(C)CC2. The molecule has 2 aromatic rings. The number of aliphatic carboxylic acids is 1. The fourth-order valence-corrected chi connectivity index (χ4v) is 6.02. The molecule has 3 heterocycles. The van der Waals surface area contributed by atoms with Crippen LogP contribution < -0.4 is 15.0 Å². The molecule has 0 amide bonds. The molecule has 9 heteroatoms. The van der Waals surface area contributed by atoms with Crippen molar-refractivity contribution in [1.29, 1.82) is 0 Å². The smallest absolute Gasteiger partial charge is 0.308 e. The third-order valence-electron chi connectivity index (χ3n) is 7.54. The molecule has 1 spiro atoms. The predicted molar refractivity (Wildman–Crippen MR) is 128 cm³/mol. The zero-order valence-electron chi connectivity index (χ0n) is 19.1. The molecular formula is C24H30ClN5O3. The van der Waals surface area contributed by atoms with Crippen molar-refractivity contribution < 1.29 is 14.6 Å². The number of fused-ring (bicyclic) bond motifs is 1. The van der Waals surface area contributed by atoms with E-state index in [1.165, 1.54) is 11.1 Å². The van der Waals surface area contributed by atoms with Crippen molar-refractivity contribution in [3.05, 3.63) is 34.5 Å². The minimum Gasteiger partial charge on any atom is -0.495 e. The van der Waals surface area contributed by atoms with Crippen LogP contribution in [0.1, 0.15) is 36.8 Å². The number of ether oxygens (including phenoxy) is 1. The number of rotatable bonds is 5. The Balaban J connectivity index is 1.43. The van der Waals surface area contributed by atoms with Crippen molar-refractivity contribution in [3.63, 3.8) is 0 Å². The summed E-state index contributed by atoms with van der Waals surface area (Å²) in [4.78, 5) is 25.4. The number of hydrogen-bond acceptors (Lipinski definition) is 7. The molecule has 1 atom stereocenters. The Bertz CT molecular complexity index is 1070. The van der Waals surface area contributed by atoms with Gasteiger partial charge in [0.15, 0.2) is 5.82 Å². The molecule has 0 radical (unpaired) electrons. The standard InChI is InChI=1S/C24H30ClN5O3/c1-29-8-5-15-10-20(33-2)19(9-16(15)12-29)27-23-26-11-18(25)21(28-23)30-13-17(22(31)32)24(14-30)6-3-4-7-24/h9-11,17H,3-8,12-14H2,1-2H3,(H,31,32)(H,26,27,28). The summed E-state index contributed by atoms with van der Waals surface area (Å²) in [7, 11) is 3.78. The first kappa shape index (κ1) is 22.2. The molecule has 1 saturated carbocycles. The molecule has 176 valence electrons. The van der Waals surface area contributed by atoms with E-state index in [1.54, 1.807) is 13.3 Å². The number of benzene rings is 1. The van der Waals surface area contributed by atoms with E-state index in [0.29, 0.717) is 29.9 Å². The van der Waals surface area contributed by atoms with Gasteiger partial charge in [0.2, 0.25) is 5.95 Å². The first-order valence-corrected chi connectivity index (χ1v) is 11.9. The number of carbonyl (C=O) groups is 1. The second-order valence-corrected chi connectivity index (χ2v) is 10.0. The second-order valence-electron chi connectivity index (χ2n) is 9.64. The van der Waals surface area contributed by atoms with Crippen molar-refractivity contribution in [2.75, 3.05) is 44.0 Å². The second kappa shape index (κ2) is 8.65. The molecule has 1 unspecified atom stereocenters. The van der Waals surface area contributed by atoms with Crippen LogP contribution >= 0.6 is 11.6 Å². The maximum atomic E-state index is 12.0. The number of likely N-dealkylation sites (N-methyl/N-ethyl adjacent to an activating group) is 1. The van der Waals surface area contributed by atoms with E-state index in [4.69, 9.17) is 21.3 Å². The minimum absolute atomic E-state index is 0.193. The number of nitrogens with zero attached hydrogens (tertiary/aromatic N) is 4. The maximum Gasteiger partial charge on any atom is 0.308 e. The molecule has 1 aliphatic carbocycles. The molecule has 2 aliphatic heterocycles. The summed E-state index contributed by atoms with van der Waals surface area (Å²) in [6, 6.07) is 4.19. The molecule has 0 bridgehead atoms. The Kier molecular flexibility index (Phi) is 5.82. The molecule has 1 aromatic heterocycles. The van der Waals surface area contributed by atoms with Crippen LogP contribution in [-0.4, -0.2) is 59.7 Å². The average molecular weight is 472 g/mol. The van der Waals surface area contributed by atoms with Crippen molar-refractivity contribution in [2.45, 2.75) is 38.6 Å². The lowest BCUT2D eigenvalue weighted by molar-refractivity contribution is -0.144. The van der Waals surface area contributed by atoms with E-state index in [9.17, 15) is 9.90 Å². The Morgan fingerprint density at radius 1 is 1.30 bits per heavy atom. The number of carboxylic acid groups (broad SMARTS) is 1. The van der Waals surface area contributed by atoms with E-state index in [0.717, 1.165) is 56.6 Å². The first-order valence-electron chi connectivity index (χ1n) is 11.5. The van der Waals surface area contributed by atoms with Gasteiger partial charge in [0.25, 0.3) is 0 Å². The van der Waals surface area contributed by atoms with Crippen LogP contribution in [0.15, 0.2) is 18.3 Å². The van der Waals surface area contributed by atoms with E-state index in [-0.39, 0.29) is 5.41 Å². The minimum atomic E-state index is -0.730. The lowest BCUT2D eigenvalue weighted by Crippen LogP contribution is -2.32. The monoisotopic (exact) mass is 471 g/mol. The van der Waals surface area contributed by atoms with Gasteiger partial charge in [-0.05, 0) is 49.6 Å². The lowest BCUT2D eigenvalue weighted by atomic mass is 9.77. The number of hydrogen-bond donors (Lipinski definition) is 2. The lowest BCUT2D eigenvalue weighted by Gasteiger charge is -2.27. The van der Waals surface area contributed by atoms with E-state index >= 15 is 0 Å². The normalized spacial score (nSPS) is 21.9. The van der Waals surface area contributed by atoms with Gasteiger partial charge >= 0.3 is 5.97 Å². The van der Waals surface area contributed by atoms with Gasteiger partial charge in [-0.3, -0.25) is 4.79 Å². The third kappa shape index (κ3) is 4.10. The molecule has 2 fully saturated rings. The van der Waals surface area contributed by atoms with Gasteiger partial charge < -0.3 is 25.0 Å². The Hall–Kier alpha value is -2.58. The van der Waals surface area contributed by atoms with E-state index < -0.39 is 11.9 Å². The molecule has 1 saturated heterocycles. The summed E-state index contributed by atoms with van der Waals surface area (Å²) in [6.07, 6.45) is 6.61. The average Bonchev–Trinajstić information content (AvgIpc) is 3.42. The summed E-state index contributed by atoms with van der Waals surface area (Å²) in [5.41, 5.74) is 3.17. The third-order valence-corrected chi connectivity index (χ3v) is 7.81. The summed E-state index contributed by atoms with van der Waals surface area (Å²) in [5.74, 6) is 0.610. The van der Waals surface area contributed by atoms with Crippen LogP contribution in [0.5, 0.6) is 5.75 Å². The van der Waals surface area contributed by atoms with Crippen LogP contribution in [0.2, 0.25) is 5.02 Å². The van der Waals surface area contributed by atoms with Crippen LogP contribution in [0.25, 0.3) is 0 Å².